The molecule has 22 heteroatoms. The summed E-state index contributed by atoms with van der Waals surface area (Å²) in [6.07, 6.45) is 2.12. The van der Waals surface area contributed by atoms with E-state index >= 15 is 0 Å². The maximum atomic E-state index is 13.7. The monoisotopic (exact) mass is 834 g/mol. The molecule has 7 amide bonds. The molecule has 1 heterocycles. The van der Waals surface area contributed by atoms with Crippen molar-refractivity contribution < 1.29 is 58.5 Å². The first-order chi connectivity index (χ1) is 26.3. The summed E-state index contributed by atoms with van der Waals surface area (Å²) in [5, 5.41) is 43.0. The molecule has 20 nitrogen and oxygen atoms in total. The summed E-state index contributed by atoms with van der Waals surface area (Å²) in [5.74, 6) is -8.50. The van der Waals surface area contributed by atoms with Gasteiger partial charge in [-0.25, -0.2) is 4.79 Å². The minimum absolute atomic E-state index is 0.0546. The molecule has 1 aliphatic rings. The van der Waals surface area contributed by atoms with Gasteiger partial charge in [0.15, 0.2) is 0 Å². The Morgan fingerprint density at radius 1 is 0.839 bits per heavy atom. The van der Waals surface area contributed by atoms with E-state index in [9.17, 15) is 58.5 Å². The zero-order valence-electron chi connectivity index (χ0n) is 32.4. The van der Waals surface area contributed by atoms with Gasteiger partial charge in [-0.1, -0.05) is 34.1 Å². The molecule has 0 unspecified atom stereocenters. The lowest BCUT2D eigenvalue weighted by Gasteiger charge is -2.30. The van der Waals surface area contributed by atoms with Crippen molar-refractivity contribution in [2.75, 3.05) is 37.5 Å². The lowest BCUT2D eigenvalue weighted by atomic mass is 9.99. The number of thiol groups is 1. The van der Waals surface area contributed by atoms with E-state index in [2.05, 4.69) is 44.5 Å². The second-order valence-corrected chi connectivity index (χ2v) is 15.1. The molecule has 0 aromatic rings. The molecule has 0 aliphatic carbocycles. The molecular weight excluding hydrogens is 777 g/mol. The number of hydrogen-bond donors (Lipinski definition) is 11. The number of nitrogens with one attached hydrogen (secondary N) is 6. The van der Waals surface area contributed by atoms with Crippen LogP contribution in [0.25, 0.3) is 0 Å². The highest BCUT2D eigenvalue weighted by molar-refractivity contribution is 7.98. The minimum Gasteiger partial charge on any atom is -0.481 e. The molecule has 318 valence electrons. The molecule has 0 spiro atoms. The van der Waals surface area contributed by atoms with Gasteiger partial charge in [-0.3, -0.25) is 38.4 Å². The number of aliphatic hydroxyl groups excluding tert-OH is 1. The standard InChI is InChI=1S/C34H58N8O12S2/c1-6-18(4)26(35)32(51)39-21(15-43)28(47)36-14-24(44)37-20(9-10-25(45)46)33(52)42-12-7-8-23(42)31(50)40-22(16-55)30(49)38-19(11-13-56-5)29(48)41-27(17(2)3)34(53)54/h17-23,26-27,43,55H,6-16,35H2,1-5H3,(H,36,47)(H,37,44)(H,38,49)(H,39,51)(H,40,50)(H,41,48)(H,45,46)(H,53,54)/t18-,19-,20-,21-,22-,23-,26-,27-/m0/s1. The Morgan fingerprint density at radius 2 is 1.46 bits per heavy atom. The summed E-state index contributed by atoms with van der Waals surface area (Å²) in [6, 6.07) is -8.58. The number of rotatable bonds is 25. The van der Waals surface area contributed by atoms with Gasteiger partial charge in [0.25, 0.3) is 0 Å². The van der Waals surface area contributed by atoms with E-state index in [4.69, 9.17) is 5.73 Å². The van der Waals surface area contributed by atoms with Crippen LogP contribution in [0, 0.1) is 11.8 Å². The summed E-state index contributed by atoms with van der Waals surface area (Å²) < 4.78 is 0. The van der Waals surface area contributed by atoms with E-state index < -0.39 is 121 Å². The number of hydrogen-bond acceptors (Lipinski definition) is 13. The Morgan fingerprint density at radius 3 is 2.00 bits per heavy atom. The molecule has 1 fully saturated rings. The molecule has 1 rings (SSSR count). The Balaban J connectivity index is 3.04. The van der Waals surface area contributed by atoms with Crippen LogP contribution < -0.4 is 37.6 Å². The van der Waals surface area contributed by atoms with E-state index in [0.29, 0.717) is 18.6 Å². The van der Waals surface area contributed by atoms with Crippen molar-refractivity contribution in [3.8, 4) is 0 Å². The normalized spacial score (nSPS) is 17.6. The van der Waals surface area contributed by atoms with Crippen LogP contribution in [0.5, 0.6) is 0 Å². The van der Waals surface area contributed by atoms with Gasteiger partial charge < -0.3 is 57.9 Å². The molecule has 1 saturated heterocycles. The highest BCUT2D eigenvalue weighted by Gasteiger charge is 2.39. The van der Waals surface area contributed by atoms with Crippen molar-refractivity contribution in [1.82, 2.24) is 36.8 Å². The van der Waals surface area contributed by atoms with Gasteiger partial charge in [0.05, 0.1) is 19.2 Å². The maximum Gasteiger partial charge on any atom is 0.326 e. The second kappa shape index (κ2) is 25.2. The van der Waals surface area contributed by atoms with E-state index in [1.807, 2.05) is 6.92 Å². The third-order valence-electron chi connectivity index (χ3n) is 9.21. The molecule has 1 aliphatic heterocycles. The van der Waals surface area contributed by atoms with E-state index in [1.54, 1.807) is 27.0 Å². The number of nitrogens with zero attached hydrogens (tertiary/aromatic N) is 1. The van der Waals surface area contributed by atoms with Crippen LogP contribution in [0.1, 0.15) is 66.2 Å². The SMILES string of the molecule is CC[C@H](C)[C@H](N)C(=O)N[C@@H](CO)C(=O)NCC(=O)N[C@@H](CCC(=O)O)C(=O)N1CCC[C@H]1C(=O)N[C@@H](CS)C(=O)N[C@@H](CCSC)C(=O)N[C@H](C(=O)O)C(C)C. The summed E-state index contributed by atoms with van der Waals surface area (Å²) >= 11 is 5.58. The smallest absolute Gasteiger partial charge is 0.326 e. The number of amides is 7. The number of carboxylic acids is 2. The van der Waals surface area contributed by atoms with Crippen LogP contribution in [0.3, 0.4) is 0 Å². The molecule has 0 bridgehead atoms. The van der Waals surface area contributed by atoms with Gasteiger partial charge in [-0.2, -0.15) is 24.4 Å². The molecule has 0 saturated carbocycles. The average Bonchev–Trinajstić information content (AvgIpc) is 3.66. The zero-order valence-corrected chi connectivity index (χ0v) is 34.1. The number of likely N-dealkylation sites (tertiary alicyclic amines) is 1. The number of carboxylic acid groups (broad SMARTS) is 2. The Labute approximate surface area is 335 Å². The first-order valence-electron chi connectivity index (χ1n) is 18.3. The quantitative estimate of drug-likeness (QED) is 0.0414. The van der Waals surface area contributed by atoms with Crippen LogP contribution >= 0.6 is 24.4 Å². The first-order valence-corrected chi connectivity index (χ1v) is 20.4. The topological polar surface area (TPSA) is 316 Å². The number of thioether (sulfide) groups is 1. The number of aliphatic hydroxyl groups is 1. The lowest BCUT2D eigenvalue weighted by Crippen LogP contribution is -2.59. The number of carbonyl (C=O) groups excluding carboxylic acids is 7. The van der Waals surface area contributed by atoms with Gasteiger partial charge in [0, 0.05) is 18.7 Å². The van der Waals surface area contributed by atoms with Gasteiger partial charge in [-0.15, -0.1) is 0 Å². The van der Waals surface area contributed by atoms with Gasteiger partial charge in [-0.05, 0) is 49.5 Å². The average molecular weight is 835 g/mol. The molecule has 11 N–H and O–H groups in total. The predicted octanol–water partition coefficient (Wildman–Crippen LogP) is -2.83. The van der Waals surface area contributed by atoms with Crippen LogP contribution in [0.4, 0.5) is 0 Å². The molecular formula is C34H58N8O12S2. The van der Waals surface area contributed by atoms with E-state index in [-0.39, 0.29) is 37.5 Å². The van der Waals surface area contributed by atoms with E-state index in [1.165, 1.54) is 11.8 Å². The second-order valence-electron chi connectivity index (χ2n) is 13.8. The highest BCUT2D eigenvalue weighted by atomic mass is 32.2. The Hall–Kier alpha value is -4.15. The fourth-order valence-corrected chi connectivity index (χ4v) is 6.27. The summed E-state index contributed by atoms with van der Waals surface area (Å²) in [6.45, 7) is 5.33. The number of aliphatic carboxylic acids is 2. The summed E-state index contributed by atoms with van der Waals surface area (Å²) in [4.78, 5) is 116. The predicted molar refractivity (Wildman–Crippen MR) is 208 cm³/mol. The zero-order chi connectivity index (χ0) is 42.7. The minimum atomic E-state index is -1.44. The van der Waals surface area contributed by atoms with Crippen LogP contribution in [-0.4, -0.2) is 153 Å². The molecule has 0 aromatic heterocycles. The Kier molecular flexibility index (Phi) is 22.4. The molecule has 56 heavy (non-hydrogen) atoms. The Bertz CT molecular complexity index is 1410. The van der Waals surface area contributed by atoms with E-state index in [0.717, 1.165) is 4.90 Å². The first kappa shape index (κ1) is 49.9. The van der Waals surface area contributed by atoms with Gasteiger partial charge in [0.1, 0.15) is 36.3 Å². The molecule has 0 radical (unpaired) electrons. The van der Waals surface area contributed by atoms with Crippen molar-refractivity contribution in [1.29, 1.82) is 0 Å². The molecule has 0 aromatic carbocycles. The summed E-state index contributed by atoms with van der Waals surface area (Å²) in [5.41, 5.74) is 5.88. The lowest BCUT2D eigenvalue weighted by molar-refractivity contribution is -0.143. The van der Waals surface area contributed by atoms with Crippen molar-refractivity contribution in [3.05, 3.63) is 0 Å². The fraction of sp³-hybridized carbons (Fsp3) is 0.735. The number of nitrogens with two attached hydrogens (primary N) is 1. The molecule has 8 atom stereocenters. The van der Waals surface area contributed by atoms with Crippen LogP contribution in [-0.2, 0) is 43.2 Å². The van der Waals surface area contributed by atoms with Gasteiger partial charge in [0.2, 0.25) is 41.4 Å². The largest absolute Gasteiger partial charge is 0.481 e. The van der Waals surface area contributed by atoms with Gasteiger partial charge >= 0.3 is 11.9 Å². The van der Waals surface area contributed by atoms with Crippen LogP contribution in [0.15, 0.2) is 0 Å². The summed E-state index contributed by atoms with van der Waals surface area (Å²) in [7, 11) is 0. The third-order valence-corrected chi connectivity index (χ3v) is 10.2. The fourth-order valence-electron chi connectivity index (χ4n) is 5.55. The van der Waals surface area contributed by atoms with Crippen molar-refractivity contribution in [2.24, 2.45) is 17.6 Å². The van der Waals surface area contributed by atoms with Crippen molar-refractivity contribution >= 4 is 77.7 Å². The van der Waals surface area contributed by atoms with Crippen molar-refractivity contribution in [3.63, 3.8) is 0 Å². The highest BCUT2D eigenvalue weighted by Crippen LogP contribution is 2.20. The third kappa shape index (κ3) is 16.1. The van der Waals surface area contributed by atoms with Crippen molar-refractivity contribution in [2.45, 2.75) is 109 Å². The van der Waals surface area contributed by atoms with Crippen LogP contribution in [0.2, 0.25) is 0 Å². The number of carbonyl (C=O) groups is 9. The maximum absolute atomic E-state index is 13.7.